The molecule has 28 heavy (non-hydrogen) atoms. The first-order chi connectivity index (χ1) is 13.5. The van der Waals surface area contributed by atoms with Gasteiger partial charge >= 0.3 is 5.97 Å². The minimum absolute atomic E-state index is 0.0247. The predicted molar refractivity (Wildman–Crippen MR) is 101 cm³/mol. The van der Waals surface area contributed by atoms with Gasteiger partial charge in [-0.05, 0) is 25.0 Å². The molecule has 1 saturated carbocycles. The Bertz CT molecular complexity index is 1020. The zero-order valence-corrected chi connectivity index (χ0v) is 15.3. The molecule has 0 unspecified atom stereocenters. The minimum atomic E-state index is -1.13. The Morgan fingerprint density at radius 1 is 1.18 bits per heavy atom. The first-order valence-electron chi connectivity index (χ1n) is 8.95. The van der Waals surface area contributed by atoms with E-state index in [1.807, 2.05) is 18.1 Å². The molecule has 0 aliphatic heterocycles. The van der Waals surface area contributed by atoms with Gasteiger partial charge in [0.15, 0.2) is 5.69 Å². The molecule has 3 aromatic rings. The van der Waals surface area contributed by atoms with Crippen molar-refractivity contribution in [3.05, 3.63) is 65.9 Å². The number of carbonyl (C=O) groups is 2. The summed E-state index contributed by atoms with van der Waals surface area (Å²) in [4.78, 5) is 34.0. The number of amides is 1. The third-order valence-electron chi connectivity index (χ3n) is 4.64. The molecule has 1 N–H and O–H groups in total. The van der Waals surface area contributed by atoms with Crippen LogP contribution >= 0.6 is 0 Å². The lowest BCUT2D eigenvalue weighted by Gasteiger charge is -2.22. The van der Waals surface area contributed by atoms with Gasteiger partial charge in [0.1, 0.15) is 0 Å². The van der Waals surface area contributed by atoms with Gasteiger partial charge in [0.25, 0.3) is 5.91 Å². The Labute approximate surface area is 161 Å². The third-order valence-corrected chi connectivity index (χ3v) is 4.64. The van der Waals surface area contributed by atoms with Crippen molar-refractivity contribution in [3.63, 3.8) is 0 Å². The molecule has 1 aromatic carbocycles. The highest BCUT2D eigenvalue weighted by Crippen LogP contribution is 2.30. The Morgan fingerprint density at radius 2 is 1.93 bits per heavy atom. The Balaban J connectivity index is 1.54. The topological polar surface area (TPSA) is 101 Å². The van der Waals surface area contributed by atoms with Crippen LogP contribution in [0, 0.1) is 0 Å². The van der Waals surface area contributed by atoms with Gasteiger partial charge in [0, 0.05) is 42.5 Å². The second-order valence-corrected chi connectivity index (χ2v) is 6.86. The van der Waals surface area contributed by atoms with Gasteiger partial charge < -0.3 is 10.0 Å². The normalized spacial score (nSPS) is 13.3. The number of aromatic carboxylic acids is 1. The summed E-state index contributed by atoms with van der Waals surface area (Å²) in [6, 6.07) is 7.28. The molecule has 0 saturated heterocycles. The lowest BCUT2D eigenvalue weighted by atomic mass is 10.1. The third kappa shape index (κ3) is 3.75. The van der Waals surface area contributed by atoms with E-state index >= 15 is 0 Å². The molecule has 1 aliphatic carbocycles. The summed E-state index contributed by atoms with van der Waals surface area (Å²) in [5.74, 6) is -1.15. The van der Waals surface area contributed by atoms with E-state index in [9.17, 15) is 9.59 Å². The van der Waals surface area contributed by atoms with Crippen molar-refractivity contribution in [1.29, 1.82) is 0 Å². The van der Waals surface area contributed by atoms with Gasteiger partial charge in [-0.15, -0.1) is 0 Å². The van der Waals surface area contributed by atoms with Gasteiger partial charge in [-0.2, -0.15) is 5.10 Å². The van der Waals surface area contributed by atoms with Gasteiger partial charge in [-0.3, -0.25) is 14.5 Å². The van der Waals surface area contributed by atoms with Crippen molar-refractivity contribution in [2.45, 2.75) is 25.4 Å². The number of rotatable bonds is 6. The van der Waals surface area contributed by atoms with Crippen molar-refractivity contribution < 1.29 is 14.7 Å². The smallest absolute Gasteiger partial charge is 0.356 e. The second kappa shape index (κ2) is 7.22. The number of hydrogen-bond acceptors (Lipinski definition) is 5. The molecule has 0 bridgehead atoms. The van der Waals surface area contributed by atoms with Crippen LogP contribution in [0.3, 0.4) is 0 Å². The molecule has 142 valence electrons. The van der Waals surface area contributed by atoms with Crippen molar-refractivity contribution in [2.75, 3.05) is 0 Å². The molecule has 0 spiro atoms. The summed E-state index contributed by atoms with van der Waals surface area (Å²) < 4.78 is 1.73. The molecule has 1 aliphatic rings. The monoisotopic (exact) mass is 377 g/mol. The molecule has 2 heterocycles. The van der Waals surface area contributed by atoms with Gasteiger partial charge in [0.05, 0.1) is 24.3 Å². The lowest BCUT2D eigenvalue weighted by molar-refractivity contribution is 0.0688. The van der Waals surface area contributed by atoms with E-state index in [1.165, 1.54) is 12.4 Å². The molecule has 1 amide bonds. The zero-order valence-electron chi connectivity index (χ0n) is 15.3. The van der Waals surface area contributed by atoms with Crippen LogP contribution in [-0.4, -0.2) is 47.7 Å². The summed E-state index contributed by atoms with van der Waals surface area (Å²) in [6.07, 6.45) is 8.43. The van der Waals surface area contributed by atoms with E-state index in [2.05, 4.69) is 15.1 Å². The number of aryl methyl sites for hydroxylation is 1. The van der Waals surface area contributed by atoms with E-state index in [1.54, 1.807) is 35.1 Å². The number of carboxylic acid groups (broad SMARTS) is 1. The maximum atomic E-state index is 13.0. The molecule has 8 heteroatoms. The number of hydrogen-bond donors (Lipinski definition) is 1. The van der Waals surface area contributed by atoms with Gasteiger partial charge in [-0.1, -0.05) is 12.1 Å². The van der Waals surface area contributed by atoms with Crippen LogP contribution in [0.25, 0.3) is 11.3 Å². The highest BCUT2D eigenvalue weighted by Gasteiger charge is 2.33. The standard InChI is InChI=1S/C20H19N5O3/c1-24-11-13(8-22-24)12-25(16-6-7-16)19(26)15-4-2-14(3-5-15)17-9-21-10-18(23-17)20(27)28/h2-5,8-11,16H,6-7,12H2,1H3,(H,27,28). The molecule has 1 fully saturated rings. The average Bonchev–Trinajstić information content (AvgIpc) is 3.47. The van der Waals surface area contributed by atoms with Crippen LogP contribution in [0.1, 0.15) is 39.3 Å². The van der Waals surface area contributed by atoms with Crippen LogP contribution in [0.4, 0.5) is 0 Å². The Morgan fingerprint density at radius 3 is 2.54 bits per heavy atom. The first kappa shape index (κ1) is 17.8. The van der Waals surface area contributed by atoms with E-state index in [-0.39, 0.29) is 17.6 Å². The van der Waals surface area contributed by atoms with Crippen LogP contribution in [-0.2, 0) is 13.6 Å². The van der Waals surface area contributed by atoms with Crippen molar-refractivity contribution in [1.82, 2.24) is 24.6 Å². The van der Waals surface area contributed by atoms with E-state index in [0.29, 0.717) is 23.4 Å². The summed E-state index contributed by atoms with van der Waals surface area (Å²) >= 11 is 0. The fraction of sp³-hybridized carbons (Fsp3) is 0.250. The van der Waals surface area contributed by atoms with Crippen molar-refractivity contribution >= 4 is 11.9 Å². The number of nitrogens with zero attached hydrogens (tertiary/aromatic N) is 5. The van der Waals surface area contributed by atoms with Crippen LogP contribution in [0.15, 0.2) is 49.1 Å². The van der Waals surface area contributed by atoms with Crippen LogP contribution in [0.5, 0.6) is 0 Å². The molecular weight excluding hydrogens is 358 g/mol. The number of carbonyl (C=O) groups excluding carboxylic acids is 1. The van der Waals surface area contributed by atoms with Crippen LogP contribution < -0.4 is 0 Å². The Hall–Kier alpha value is -3.55. The van der Waals surface area contributed by atoms with Gasteiger partial charge in [-0.25, -0.2) is 9.78 Å². The fourth-order valence-corrected chi connectivity index (χ4v) is 3.06. The number of aromatic nitrogens is 4. The van der Waals surface area contributed by atoms with Crippen molar-refractivity contribution in [2.24, 2.45) is 7.05 Å². The average molecular weight is 377 g/mol. The molecule has 0 radical (unpaired) electrons. The largest absolute Gasteiger partial charge is 0.476 e. The zero-order chi connectivity index (χ0) is 19.7. The number of benzene rings is 1. The maximum Gasteiger partial charge on any atom is 0.356 e. The Kier molecular flexibility index (Phi) is 4.60. The fourth-order valence-electron chi connectivity index (χ4n) is 3.06. The first-order valence-corrected chi connectivity index (χ1v) is 8.95. The molecule has 8 nitrogen and oxygen atoms in total. The summed E-state index contributed by atoms with van der Waals surface area (Å²) in [5.41, 5.74) is 2.63. The molecule has 4 rings (SSSR count). The molecular formula is C20H19N5O3. The predicted octanol–water partition coefficient (Wildman–Crippen LogP) is 2.38. The van der Waals surface area contributed by atoms with E-state index in [0.717, 1.165) is 18.4 Å². The maximum absolute atomic E-state index is 13.0. The lowest BCUT2D eigenvalue weighted by Crippen LogP contribution is -2.32. The SMILES string of the molecule is Cn1cc(CN(C(=O)c2ccc(-c3cncc(C(=O)O)n3)cc2)C2CC2)cn1. The quantitative estimate of drug-likeness (QED) is 0.708. The highest BCUT2D eigenvalue weighted by molar-refractivity contribution is 5.95. The van der Waals surface area contributed by atoms with Crippen LogP contribution in [0.2, 0.25) is 0 Å². The molecule has 2 aromatic heterocycles. The minimum Gasteiger partial charge on any atom is -0.476 e. The van der Waals surface area contributed by atoms with Crippen molar-refractivity contribution in [3.8, 4) is 11.3 Å². The summed E-state index contributed by atoms with van der Waals surface area (Å²) in [7, 11) is 1.85. The highest BCUT2D eigenvalue weighted by atomic mass is 16.4. The van der Waals surface area contributed by atoms with E-state index in [4.69, 9.17) is 5.11 Å². The summed E-state index contributed by atoms with van der Waals surface area (Å²) in [5, 5.41) is 13.2. The van der Waals surface area contributed by atoms with Gasteiger partial charge in [0.2, 0.25) is 0 Å². The van der Waals surface area contributed by atoms with E-state index < -0.39 is 5.97 Å². The number of carboxylic acids is 1. The molecule has 0 atom stereocenters. The second-order valence-electron chi connectivity index (χ2n) is 6.86. The summed E-state index contributed by atoms with van der Waals surface area (Å²) in [6.45, 7) is 0.533.